The lowest BCUT2D eigenvalue weighted by Gasteiger charge is -2.26. The summed E-state index contributed by atoms with van der Waals surface area (Å²) in [5, 5.41) is 0. The summed E-state index contributed by atoms with van der Waals surface area (Å²) >= 11 is 0. The Balaban J connectivity index is 2.92. The molecule has 1 amide bonds. The van der Waals surface area contributed by atoms with Gasteiger partial charge in [0.25, 0.3) is 5.91 Å². The minimum absolute atomic E-state index is 0.0565. The summed E-state index contributed by atoms with van der Waals surface area (Å²) in [6.45, 7) is 6.78. The van der Waals surface area contributed by atoms with Gasteiger partial charge in [0, 0.05) is 12.6 Å². The summed E-state index contributed by atoms with van der Waals surface area (Å²) in [6.07, 6.45) is 0.929. The summed E-state index contributed by atoms with van der Waals surface area (Å²) in [5.41, 5.74) is 2.86. The molecule has 1 heterocycles. The molecule has 1 rings (SSSR count). The Bertz CT molecular complexity index is 379. The molecule has 17 heavy (non-hydrogen) atoms. The van der Waals surface area contributed by atoms with Crippen LogP contribution in [-0.4, -0.2) is 28.4 Å². The molecular formula is C12H20N4O. The predicted octanol–water partition coefficient (Wildman–Crippen LogP) is 1.63. The van der Waals surface area contributed by atoms with E-state index < -0.39 is 0 Å². The number of hydrazine groups is 1. The van der Waals surface area contributed by atoms with E-state index in [1.165, 1.54) is 0 Å². The number of hydrogen-bond acceptors (Lipinski definition) is 4. The number of anilines is 1. The van der Waals surface area contributed by atoms with E-state index in [2.05, 4.69) is 10.4 Å². The highest BCUT2D eigenvalue weighted by Gasteiger charge is 2.19. The molecule has 5 nitrogen and oxygen atoms in total. The Morgan fingerprint density at radius 3 is 2.76 bits per heavy atom. The molecule has 0 aliphatic heterocycles. The minimum atomic E-state index is -0.0565. The van der Waals surface area contributed by atoms with Crippen LogP contribution in [0, 0.1) is 0 Å². The van der Waals surface area contributed by atoms with Crippen LogP contribution < -0.4 is 11.3 Å². The largest absolute Gasteiger partial charge is 0.335 e. The van der Waals surface area contributed by atoms with Crippen molar-refractivity contribution in [1.82, 2.24) is 9.88 Å². The fourth-order valence-corrected chi connectivity index (χ4v) is 1.62. The van der Waals surface area contributed by atoms with E-state index in [1.54, 1.807) is 18.2 Å². The van der Waals surface area contributed by atoms with Crippen LogP contribution in [0.5, 0.6) is 0 Å². The summed E-state index contributed by atoms with van der Waals surface area (Å²) < 4.78 is 0. The number of amides is 1. The van der Waals surface area contributed by atoms with Gasteiger partial charge in [0.1, 0.15) is 11.5 Å². The zero-order chi connectivity index (χ0) is 12.8. The fraction of sp³-hybridized carbons (Fsp3) is 0.500. The molecule has 5 heteroatoms. The number of nitrogens with two attached hydrogens (primary N) is 1. The Kier molecular flexibility index (Phi) is 4.90. The molecule has 3 N–H and O–H groups in total. The van der Waals surface area contributed by atoms with Crippen molar-refractivity contribution in [1.29, 1.82) is 0 Å². The number of hydrogen-bond donors (Lipinski definition) is 2. The lowest BCUT2D eigenvalue weighted by molar-refractivity contribution is 0.0700. The van der Waals surface area contributed by atoms with Crippen molar-refractivity contribution in [3.05, 3.63) is 23.9 Å². The van der Waals surface area contributed by atoms with Gasteiger partial charge in [-0.1, -0.05) is 13.0 Å². The normalized spacial score (nSPS) is 10.4. The predicted molar refractivity (Wildman–Crippen MR) is 68.5 cm³/mol. The summed E-state index contributed by atoms with van der Waals surface area (Å²) in [5.74, 6) is 5.72. The van der Waals surface area contributed by atoms with Gasteiger partial charge >= 0.3 is 0 Å². The van der Waals surface area contributed by atoms with Crippen molar-refractivity contribution in [2.45, 2.75) is 33.2 Å². The zero-order valence-electron chi connectivity index (χ0n) is 10.6. The SMILES string of the molecule is CCCN(C(=O)c1cccc(NN)n1)C(C)C. The van der Waals surface area contributed by atoms with Gasteiger partial charge in [-0.15, -0.1) is 0 Å². The highest BCUT2D eigenvalue weighted by molar-refractivity contribution is 5.92. The average Bonchev–Trinajstić information content (AvgIpc) is 2.34. The monoisotopic (exact) mass is 236 g/mol. The number of nitrogens with zero attached hydrogens (tertiary/aromatic N) is 2. The van der Waals surface area contributed by atoms with Crippen molar-refractivity contribution in [2.75, 3.05) is 12.0 Å². The molecule has 0 radical (unpaired) electrons. The fourth-order valence-electron chi connectivity index (χ4n) is 1.62. The number of pyridine rings is 1. The zero-order valence-corrected chi connectivity index (χ0v) is 10.6. The first kappa shape index (κ1) is 13.4. The van der Waals surface area contributed by atoms with Gasteiger partial charge in [-0.2, -0.15) is 0 Å². The van der Waals surface area contributed by atoms with Crippen molar-refractivity contribution in [2.24, 2.45) is 5.84 Å². The van der Waals surface area contributed by atoms with E-state index in [9.17, 15) is 4.79 Å². The standard InChI is InChI=1S/C12H20N4O/c1-4-8-16(9(2)3)12(17)10-6-5-7-11(14-10)15-13/h5-7,9H,4,8,13H2,1-3H3,(H,14,15). The molecule has 0 spiro atoms. The first-order valence-electron chi connectivity index (χ1n) is 5.84. The molecule has 0 fully saturated rings. The van der Waals surface area contributed by atoms with Gasteiger partial charge in [0.05, 0.1) is 0 Å². The lowest BCUT2D eigenvalue weighted by atomic mass is 10.2. The van der Waals surface area contributed by atoms with Crippen molar-refractivity contribution < 1.29 is 4.79 Å². The van der Waals surface area contributed by atoms with Gasteiger partial charge in [-0.25, -0.2) is 10.8 Å². The summed E-state index contributed by atoms with van der Waals surface area (Å²) in [6, 6.07) is 5.35. The molecule has 0 saturated heterocycles. The van der Waals surface area contributed by atoms with E-state index in [1.807, 2.05) is 25.7 Å². The number of nitrogen functional groups attached to an aromatic ring is 1. The smallest absolute Gasteiger partial charge is 0.272 e. The highest BCUT2D eigenvalue weighted by atomic mass is 16.2. The second-order valence-electron chi connectivity index (χ2n) is 4.14. The molecule has 94 valence electrons. The molecule has 0 aromatic carbocycles. The van der Waals surface area contributed by atoms with Crippen LogP contribution in [0.3, 0.4) is 0 Å². The number of rotatable bonds is 5. The number of aromatic nitrogens is 1. The highest BCUT2D eigenvalue weighted by Crippen LogP contribution is 2.09. The topological polar surface area (TPSA) is 71.2 Å². The second-order valence-corrected chi connectivity index (χ2v) is 4.14. The van der Waals surface area contributed by atoms with E-state index in [0.717, 1.165) is 13.0 Å². The molecule has 0 atom stereocenters. The summed E-state index contributed by atoms with van der Waals surface area (Å²) in [4.78, 5) is 18.2. The van der Waals surface area contributed by atoms with E-state index in [-0.39, 0.29) is 11.9 Å². The van der Waals surface area contributed by atoms with Crippen LogP contribution in [0.1, 0.15) is 37.7 Å². The van der Waals surface area contributed by atoms with Crippen LogP contribution in [0.15, 0.2) is 18.2 Å². The Labute approximate surface area is 102 Å². The molecule has 0 aliphatic rings. The van der Waals surface area contributed by atoms with Crippen LogP contribution >= 0.6 is 0 Å². The third kappa shape index (κ3) is 3.42. The van der Waals surface area contributed by atoms with Gasteiger partial charge < -0.3 is 10.3 Å². The second kappa shape index (κ2) is 6.20. The number of carbonyl (C=O) groups is 1. The van der Waals surface area contributed by atoms with Crippen molar-refractivity contribution in [3.8, 4) is 0 Å². The quantitative estimate of drug-likeness (QED) is 0.602. The third-order valence-electron chi connectivity index (χ3n) is 2.46. The first-order chi connectivity index (χ1) is 8.10. The molecular weight excluding hydrogens is 216 g/mol. The molecule has 1 aromatic heterocycles. The maximum atomic E-state index is 12.2. The molecule has 0 aliphatic carbocycles. The van der Waals surface area contributed by atoms with Gasteiger partial charge in [-0.05, 0) is 32.4 Å². The lowest BCUT2D eigenvalue weighted by Crippen LogP contribution is -2.38. The van der Waals surface area contributed by atoms with Gasteiger partial charge in [-0.3, -0.25) is 4.79 Å². The Hall–Kier alpha value is -1.62. The van der Waals surface area contributed by atoms with Crippen LogP contribution in [0.25, 0.3) is 0 Å². The Morgan fingerprint density at radius 1 is 1.53 bits per heavy atom. The van der Waals surface area contributed by atoms with Gasteiger partial charge in [0.2, 0.25) is 0 Å². The maximum Gasteiger partial charge on any atom is 0.272 e. The molecule has 1 aromatic rings. The van der Waals surface area contributed by atoms with E-state index in [4.69, 9.17) is 5.84 Å². The Morgan fingerprint density at radius 2 is 2.24 bits per heavy atom. The van der Waals surface area contributed by atoms with Crippen molar-refractivity contribution in [3.63, 3.8) is 0 Å². The first-order valence-corrected chi connectivity index (χ1v) is 5.84. The van der Waals surface area contributed by atoms with E-state index in [0.29, 0.717) is 11.5 Å². The average molecular weight is 236 g/mol. The molecule has 0 unspecified atom stereocenters. The summed E-state index contributed by atoms with van der Waals surface area (Å²) in [7, 11) is 0. The van der Waals surface area contributed by atoms with E-state index >= 15 is 0 Å². The van der Waals surface area contributed by atoms with Crippen LogP contribution in [0.2, 0.25) is 0 Å². The third-order valence-corrected chi connectivity index (χ3v) is 2.46. The number of nitrogens with one attached hydrogen (secondary N) is 1. The molecule has 0 saturated carbocycles. The number of carbonyl (C=O) groups excluding carboxylic acids is 1. The van der Waals surface area contributed by atoms with Crippen LogP contribution in [0.4, 0.5) is 5.82 Å². The minimum Gasteiger partial charge on any atom is -0.335 e. The van der Waals surface area contributed by atoms with Gasteiger partial charge in [0.15, 0.2) is 0 Å². The maximum absolute atomic E-state index is 12.2. The van der Waals surface area contributed by atoms with Crippen molar-refractivity contribution >= 4 is 11.7 Å². The van der Waals surface area contributed by atoms with Crippen LogP contribution in [-0.2, 0) is 0 Å². The molecule has 0 bridgehead atoms.